The number of urea groups is 1. The number of nitrogens with zero attached hydrogens (tertiary/aromatic N) is 3. The van der Waals surface area contributed by atoms with Crippen molar-refractivity contribution in [1.29, 1.82) is 0 Å². The molecule has 1 N–H and O–H groups in total. The lowest BCUT2D eigenvalue weighted by Crippen LogP contribution is -2.46. The van der Waals surface area contributed by atoms with E-state index in [-0.39, 0.29) is 5.69 Å². The molecule has 2 aliphatic rings. The Balaban J connectivity index is 1.47. The molecule has 4 rings (SSSR count). The highest BCUT2D eigenvalue weighted by Crippen LogP contribution is 2.37. The van der Waals surface area contributed by atoms with E-state index in [1.165, 1.54) is 23.1 Å². The molecule has 2 heterocycles. The molecule has 0 saturated carbocycles. The molecule has 0 aliphatic carbocycles. The summed E-state index contributed by atoms with van der Waals surface area (Å²) >= 11 is 1.69. The smallest absolute Gasteiger partial charge is 0.324 e. The number of benzene rings is 2. The van der Waals surface area contributed by atoms with Crippen LogP contribution in [0.2, 0.25) is 0 Å². The number of hydrogen-bond donors (Lipinski definition) is 1. The van der Waals surface area contributed by atoms with Crippen molar-refractivity contribution in [3.8, 4) is 0 Å². The molecule has 9 heteroatoms. The van der Waals surface area contributed by atoms with Crippen molar-refractivity contribution < 1.29 is 18.0 Å². The number of hydrogen-bond acceptors (Lipinski definition) is 4. The topological polar surface area (TPSA) is 57.1 Å². The van der Waals surface area contributed by atoms with E-state index in [9.17, 15) is 18.0 Å². The van der Waals surface area contributed by atoms with Gasteiger partial charge in [-0.15, -0.1) is 11.8 Å². The van der Waals surface area contributed by atoms with Gasteiger partial charge < -0.3 is 10.2 Å². The van der Waals surface area contributed by atoms with Crippen LogP contribution in [-0.2, 0) is 6.18 Å². The minimum atomic E-state index is -4.54. The van der Waals surface area contributed by atoms with Crippen LogP contribution in [0.15, 0.2) is 64.6 Å². The van der Waals surface area contributed by atoms with Crippen LogP contribution < -0.4 is 5.32 Å². The van der Waals surface area contributed by atoms with Crippen molar-refractivity contribution in [2.45, 2.75) is 38.0 Å². The van der Waals surface area contributed by atoms with Crippen LogP contribution in [0, 0.1) is 0 Å². The Kier molecular flexibility index (Phi) is 6.78. The molecule has 0 unspecified atom stereocenters. The minimum Gasteiger partial charge on any atom is -0.324 e. The van der Waals surface area contributed by atoms with E-state index in [0.29, 0.717) is 25.9 Å². The third-order valence-corrected chi connectivity index (χ3v) is 6.82. The standard InChI is InChI=1S/C24H25F3N4OS/c1-2-16-33-21-20(17-8-4-3-5-9-17)29-23(30-21)12-14-31(15-13-23)22(32)28-19-11-7-6-10-18(19)24(25,26)27/h3-11H,2,12-16H2,1H3,(H,28,32). The van der Waals surface area contributed by atoms with E-state index in [4.69, 9.17) is 9.98 Å². The molecule has 0 radical (unpaired) electrons. The third-order valence-electron chi connectivity index (χ3n) is 5.65. The summed E-state index contributed by atoms with van der Waals surface area (Å²) in [6.07, 6.45) is -2.47. The molecular weight excluding hydrogens is 449 g/mol. The van der Waals surface area contributed by atoms with Gasteiger partial charge in [0, 0.05) is 31.5 Å². The van der Waals surface area contributed by atoms with E-state index in [2.05, 4.69) is 12.2 Å². The van der Waals surface area contributed by atoms with Gasteiger partial charge in [0.05, 0.1) is 17.0 Å². The van der Waals surface area contributed by atoms with Gasteiger partial charge in [0.1, 0.15) is 5.04 Å². The number of aliphatic imine (C=N–C) groups is 2. The zero-order valence-electron chi connectivity index (χ0n) is 18.2. The number of anilines is 1. The Bertz CT molecular complexity index is 1060. The van der Waals surface area contributed by atoms with Crippen molar-refractivity contribution in [2.75, 3.05) is 24.2 Å². The number of piperidine rings is 1. The van der Waals surface area contributed by atoms with E-state index < -0.39 is 23.4 Å². The van der Waals surface area contributed by atoms with Crippen LogP contribution in [0.25, 0.3) is 0 Å². The van der Waals surface area contributed by atoms with Crippen LogP contribution in [0.3, 0.4) is 0 Å². The Labute approximate surface area is 195 Å². The summed E-state index contributed by atoms with van der Waals surface area (Å²) in [7, 11) is 0. The average molecular weight is 475 g/mol. The minimum absolute atomic E-state index is 0.239. The number of likely N-dealkylation sites (tertiary alicyclic amines) is 1. The number of alkyl halides is 3. The molecule has 1 fully saturated rings. The predicted octanol–water partition coefficient (Wildman–Crippen LogP) is 6.07. The molecule has 0 bridgehead atoms. The van der Waals surface area contributed by atoms with Gasteiger partial charge in [0.2, 0.25) is 0 Å². The van der Waals surface area contributed by atoms with E-state index in [0.717, 1.165) is 34.6 Å². The van der Waals surface area contributed by atoms with Gasteiger partial charge in [0.15, 0.2) is 5.66 Å². The Morgan fingerprint density at radius 1 is 1.06 bits per heavy atom. The number of rotatable bonds is 4. The highest BCUT2D eigenvalue weighted by molar-refractivity contribution is 8.15. The predicted molar refractivity (Wildman–Crippen MR) is 127 cm³/mol. The Morgan fingerprint density at radius 2 is 1.73 bits per heavy atom. The van der Waals surface area contributed by atoms with Crippen LogP contribution >= 0.6 is 11.8 Å². The second-order valence-electron chi connectivity index (χ2n) is 8.03. The number of para-hydroxylation sites is 1. The lowest BCUT2D eigenvalue weighted by molar-refractivity contribution is -0.136. The molecule has 0 atom stereocenters. The van der Waals surface area contributed by atoms with Crippen molar-refractivity contribution >= 4 is 34.2 Å². The Hall–Kier alpha value is -2.81. The van der Waals surface area contributed by atoms with Crippen LogP contribution in [0.4, 0.5) is 23.7 Å². The number of amides is 2. The van der Waals surface area contributed by atoms with Crippen LogP contribution in [0.5, 0.6) is 0 Å². The zero-order valence-corrected chi connectivity index (χ0v) is 19.0. The first kappa shape index (κ1) is 23.4. The third kappa shape index (κ3) is 5.24. The fourth-order valence-corrected chi connectivity index (χ4v) is 4.86. The first-order valence-corrected chi connectivity index (χ1v) is 11.9. The Morgan fingerprint density at radius 3 is 2.39 bits per heavy atom. The van der Waals surface area contributed by atoms with Gasteiger partial charge in [-0.1, -0.05) is 49.4 Å². The summed E-state index contributed by atoms with van der Waals surface area (Å²) in [5.41, 5.74) is 0.174. The fraction of sp³-hybridized carbons (Fsp3) is 0.375. The molecular formula is C24H25F3N4OS. The zero-order chi connectivity index (χ0) is 23.5. The molecule has 174 valence electrons. The van der Waals surface area contributed by atoms with Crippen molar-refractivity contribution in [3.05, 3.63) is 65.7 Å². The number of halogens is 3. The van der Waals surface area contributed by atoms with Gasteiger partial charge in [-0.05, 0) is 24.3 Å². The summed E-state index contributed by atoms with van der Waals surface area (Å²) < 4.78 is 39.7. The monoisotopic (exact) mass is 474 g/mol. The summed E-state index contributed by atoms with van der Waals surface area (Å²) in [6, 6.07) is 14.4. The number of carbonyl (C=O) groups is 1. The molecule has 1 spiro atoms. The summed E-state index contributed by atoms with van der Waals surface area (Å²) in [5.74, 6) is 0.938. The van der Waals surface area contributed by atoms with Gasteiger partial charge in [-0.2, -0.15) is 13.2 Å². The molecule has 0 aromatic heterocycles. The number of carbonyl (C=O) groups excluding carboxylic acids is 1. The quantitative estimate of drug-likeness (QED) is 0.584. The molecule has 2 aromatic carbocycles. The highest BCUT2D eigenvalue weighted by Gasteiger charge is 2.41. The first-order chi connectivity index (χ1) is 15.8. The average Bonchev–Trinajstić information content (AvgIpc) is 3.16. The van der Waals surface area contributed by atoms with E-state index in [1.54, 1.807) is 11.8 Å². The lowest BCUT2D eigenvalue weighted by Gasteiger charge is -2.35. The first-order valence-electron chi connectivity index (χ1n) is 10.9. The van der Waals surface area contributed by atoms with Crippen molar-refractivity contribution in [1.82, 2.24) is 4.90 Å². The number of nitrogens with one attached hydrogen (secondary N) is 1. The van der Waals surface area contributed by atoms with E-state index in [1.807, 2.05) is 30.3 Å². The molecule has 33 heavy (non-hydrogen) atoms. The maximum absolute atomic E-state index is 13.2. The number of thioether (sulfide) groups is 1. The maximum atomic E-state index is 13.2. The van der Waals surface area contributed by atoms with Crippen molar-refractivity contribution in [3.63, 3.8) is 0 Å². The largest absolute Gasteiger partial charge is 0.418 e. The molecule has 2 aliphatic heterocycles. The lowest BCUT2D eigenvalue weighted by atomic mass is 9.98. The highest BCUT2D eigenvalue weighted by atomic mass is 32.2. The van der Waals surface area contributed by atoms with Gasteiger partial charge in [-0.25, -0.2) is 9.79 Å². The molecule has 2 aromatic rings. The van der Waals surface area contributed by atoms with Crippen LogP contribution in [-0.4, -0.2) is 46.2 Å². The summed E-state index contributed by atoms with van der Waals surface area (Å²) in [4.78, 5) is 24.2. The van der Waals surface area contributed by atoms with Crippen molar-refractivity contribution in [2.24, 2.45) is 9.98 Å². The van der Waals surface area contributed by atoms with Gasteiger partial charge >= 0.3 is 12.2 Å². The SMILES string of the molecule is CCCSC1=NC2(CCN(C(=O)Nc3ccccc3C(F)(F)F)CC2)N=C1c1ccccc1. The molecule has 1 saturated heterocycles. The summed E-state index contributed by atoms with van der Waals surface area (Å²) in [5, 5.41) is 3.35. The molecule has 5 nitrogen and oxygen atoms in total. The van der Waals surface area contributed by atoms with Crippen LogP contribution in [0.1, 0.15) is 37.3 Å². The van der Waals surface area contributed by atoms with E-state index >= 15 is 0 Å². The van der Waals surface area contributed by atoms with Gasteiger partial charge in [0.25, 0.3) is 0 Å². The molecule has 2 amide bonds. The van der Waals surface area contributed by atoms with Gasteiger partial charge in [-0.3, -0.25) is 4.99 Å². The second-order valence-corrected chi connectivity index (χ2v) is 9.12. The summed E-state index contributed by atoms with van der Waals surface area (Å²) in [6.45, 7) is 2.84. The second kappa shape index (κ2) is 9.59. The maximum Gasteiger partial charge on any atom is 0.418 e. The normalized spacial score (nSPS) is 17.6. The fourth-order valence-electron chi connectivity index (χ4n) is 3.93.